The van der Waals surface area contributed by atoms with Crippen molar-refractivity contribution in [3.63, 3.8) is 0 Å². The van der Waals surface area contributed by atoms with Crippen molar-refractivity contribution in [1.29, 1.82) is 0 Å². The largest absolute Gasteiger partial charge is 0.482 e. The number of amides is 1. The number of methoxy groups -OCH3 is 1. The normalized spacial score (nSPS) is 15.7. The fraction of sp³-hybridized carbons (Fsp3) is 0.472. The number of pyridine rings is 1. The molecule has 1 aromatic heterocycles. The van der Waals surface area contributed by atoms with Gasteiger partial charge >= 0.3 is 6.18 Å². The molecule has 2 heterocycles. The molecule has 1 aliphatic rings. The first-order valence-electron chi connectivity index (χ1n) is 16.5. The van der Waals surface area contributed by atoms with Gasteiger partial charge in [0.1, 0.15) is 19.5 Å². The predicted molar refractivity (Wildman–Crippen MR) is 184 cm³/mol. The number of halogens is 3. The number of ketones is 1. The maximum atomic E-state index is 14.4. The van der Waals surface area contributed by atoms with Gasteiger partial charge in [0.25, 0.3) is 5.91 Å². The summed E-state index contributed by atoms with van der Waals surface area (Å²) in [7, 11) is -0.0233. The number of fused-ring (bicyclic) bond motifs is 1. The Morgan fingerprint density at radius 2 is 1.63 bits per heavy atom. The minimum Gasteiger partial charge on any atom is -0.482 e. The molecule has 13 heteroatoms. The van der Waals surface area contributed by atoms with Crippen molar-refractivity contribution < 1.29 is 37.0 Å². The fourth-order valence-electron chi connectivity index (χ4n) is 5.93. The predicted octanol–water partition coefficient (Wildman–Crippen LogP) is 6.86. The molecule has 0 saturated carbocycles. The molecule has 2 aromatic carbocycles. The van der Waals surface area contributed by atoms with Crippen LogP contribution in [0.25, 0.3) is 0 Å². The van der Waals surface area contributed by atoms with Gasteiger partial charge in [0.2, 0.25) is 5.43 Å². The van der Waals surface area contributed by atoms with Gasteiger partial charge in [0.05, 0.1) is 18.7 Å². The minimum absolute atomic E-state index is 0.0189. The molecule has 1 amide bonds. The van der Waals surface area contributed by atoms with Crippen molar-refractivity contribution in [1.82, 2.24) is 9.58 Å². The first-order valence-corrected chi connectivity index (χ1v) is 20.2. The summed E-state index contributed by atoms with van der Waals surface area (Å²) in [6.45, 7) is 8.96. The third-order valence-corrected chi connectivity index (χ3v) is 10.1. The zero-order chi connectivity index (χ0) is 35.8. The van der Waals surface area contributed by atoms with Crippen LogP contribution >= 0.6 is 0 Å². The van der Waals surface area contributed by atoms with E-state index in [0.717, 1.165) is 11.6 Å². The van der Waals surface area contributed by atoms with E-state index in [2.05, 4.69) is 19.6 Å². The third kappa shape index (κ3) is 10.0. The summed E-state index contributed by atoms with van der Waals surface area (Å²) >= 11 is 0. The molecule has 0 aliphatic carbocycles. The highest BCUT2D eigenvalue weighted by atomic mass is 28.3. The van der Waals surface area contributed by atoms with E-state index in [1.807, 2.05) is 30.3 Å². The van der Waals surface area contributed by atoms with Gasteiger partial charge in [-0.15, -0.1) is 0 Å². The van der Waals surface area contributed by atoms with E-state index in [1.54, 1.807) is 34.8 Å². The number of hydrogen-bond donors (Lipinski definition) is 0. The molecule has 0 N–H and O–H groups in total. The first-order chi connectivity index (χ1) is 23.2. The standard InChI is InChI=1S/C36H46F3N3O6Si/c1-6-40-31(18-17-28(22-36(37,38)39)33(44)27-15-11-8-12-16-27)41(25-47-19-20-49(3,4)5)42-29(24-46-2)21-30(43)34(32(42)35(40)45)48-23-26-13-9-7-10-14-26/h7-16,21,28,31H,6,17-20,22-25H2,1-5H3. The Labute approximate surface area is 286 Å². The van der Waals surface area contributed by atoms with Crippen LogP contribution in [0.4, 0.5) is 13.2 Å². The maximum absolute atomic E-state index is 14.4. The number of carbonyl (C=O) groups excluding carboxylic acids is 2. The SMILES string of the molecule is CCN1C(=O)c2c(OCc3ccccc3)c(=O)cc(COC)n2N(COCC[Si](C)(C)C)C1CCC(CC(F)(F)F)C(=O)c1ccccc1. The van der Waals surface area contributed by atoms with E-state index < -0.39 is 49.9 Å². The van der Waals surface area contributed by atoms with Crippen molar-refractivity contribution in [2.45, 2.75) is 77.4 Å². The fourth-order valence-corrected chi connectivity index (χ4v) is 6.69. The Hall–Kier alpha value is -3.94. The second kappa shape index (κ2) is 16.6. The molecule has 4 rings (SSSR count). The van der Waals surface area contributed by atoms with Gasteiger partial charge in [0, 0.05) is 45.9 Å². The molecule has 1 aliphatic heterocycles. The minimum atomic E-state index is -4.58. The van der Waals surface area contributed by atoms with Crippen molar-refractivity contribution in [3.8, 4) is 5.75 Å². The van der Waals surface area contributed by atoms with Gasteiger partial charge in [-0.2, -0.15) is 13.2 Å². The van der Waals surface area contributed by atoms with Crippen LogP contribution in [0.1, 0.15) is 58.3 Å². The molecule has 9 nitrogen and oxygen atoms in total. The number of hydrogen-bond acceptors (Lipinski definition) is 7. The maximum Gasteiger partial charge on any atom is 0.389 e. The molecule has 0 fully saturated rings. The van der Waals surface area contributed by atoms with E-state index in [1.165, 1.54) is 30.2 Å². The average Bonchev–Trinajstić information content (AvgIpc) is 3.05. The van der Waals surface area contributed by atoms with Crippen molar-refractivity contribution in [2.75, 3.05) is 32.0 Å². The Morgan fingerprint density at radius 3 is 2.22 bits per heavy atom. The molecular formula is C36H46F3N3O6Si. The molecule has 2 unspecified atom stereocenters. The van der Waals surface area contributed by atoms with Crippen LogP contribution in [-0.2, 0) is 22.7 Å². The highest BCUT2D eigenvalue weighted by Gasteiger charge is 2.42. The average molecular weight is 702 g/mol. The third-order valence-electron chi connectivity index (χ3n) is 8.40. The van der Waals surface area contributed by atoms with Crippen LogP contribution < -0.4 is 15.2 Å². The number of Topliss-reactive ketones (excluding diaryl/α,β-unsaturated/α-hetero) is 1. The summed E-state index contributed by atoms with van der Waals surface area (Å²) in [6.07, 6.45) is -6.81. The second-order valence-corrected chi connectivity index (χ2v) is 19.0. The summed E-state index contributed by atoms with van der Waals surface area (Å²) in [6, 6.07) is 19.4. The smallest absolute Gasteiger partial charge is 0.389 e. The number of alkyl halides is 3. The summed E-state index contributed by atoms with van der Waals surface area (Å²) in [4.78, 5) is 42.8. The lowest BCUT2D eigenvalue weighted by molar-refractivity contribution is -0.142. The first kappa shape index (κ1) is 37.9. The van der Waals surface area contributed by atoms with Crippen LogP contribution in [0.2, 0.25) is 25.7 Å². The topological polar surface area (TPSA) is 90.3 Å². The second-order valence-electron chi connectivity index (χ2n) is 13.4. The highest BCUT2D eigenvalue weighted by Crippen LogP contribution is 2.34. The Morgan fingerprint density at radius 1 is 0.980 bits per heavy atom. The van der Waals surface area contributed by atoms with Crippen molar-refractivity contribution in [2.24, 2.45) is 5.92 Å². The molecule has 0 radical (unpaired) electrons. The molecule has 2 atom stereocenters. The van der Waals surface area contributed by atoms with E-state index in [0.29, 0.717) is 12.3 Å². The molecule has 0 spiro atoms. The number of ether oxygens (including phenoxy) is 3. The quantitative estimate of drug-likeness (QED) is 0.0864. The number of rotatable bonds is 17. The van der Waals surface area contributed by atoms with Crippen LogP contribution in [-0.4, -0.2) is 68.7 Å². The van der Waals surface area contributed by atoms with Crippen LogP contribution in [0, 0.1) is 5.92 Å². The Balaban J connectivity index is 1.78. The van der Waals surface area contributed by atoms with Crippen LogP contribution in [0.15, 0.2) is 71.5 Å². The van der Waals surface area contributed by atoms with Gasteiger partial charge in [0.15, 0.2) is 17.2 Å². The van der Waals surface area contributed by atoms with E-state index in [9.17, 15) is 27.6 Å². The van der Waals surface area contributed by atoms with Gasteiger partial charge < -0.3 is 19.1 Å². The zero-order valence-corrected chi connectivity index (χ0v) is 29.8. The Bertz CT molecular complexity index is 1610. The van der Waals surface area contributed by atoms with E-state index >= 15 is 0 Å². The summed E-state index contributed by atoms with van der Waals surface area (Å²) in [5, 5.41) is 1.74. The van der Waals surface area contributed by atoms with Crippen molar-refractivity contribution in [3.05, 3.63) is 99.5 Å². The molecular weight excluding hydrogens is 655 g/mol. The summed E-state index contributed by atoms with van der Waals surface area (Å²) in [5.41, 5.74) is 0.815. The molecule has 49 heavy (non-hydrogen) atoms. The zero-order valence-electron chi connectivity index (χ0n) is 28.8. The lowest BCUT2D eigenvalue weighted by Gasteiger charge is -2.47. The lowest BCUT2D eigenvalue weighted by Crippen LogP contribution is -2.62. The Kier molecular flexibility index (Phi) is 12.9. The number of carbonyl (C=O) groups is 2. The number of nitrogens with zero attached hydrogens (tertiary/aromatic N) is 3. The van der Waals surface area contributed by atoms with Gasteiger partial charge in [-0.25, -0.2) is 4.68 Å². The highest BCUT2D eigenvalue weighted by molar-refractivity contribution is 6.76. The van der Waals surface area contributed by atoms with Crippen molar-refractivity contribution >= 4 is 19.8 Å². The van der Waals surface area contributed by atoms with E-state index in [4.69, 9.17) is 14.2 Å². The number of benzene rings is 2. The van der Waals surface area contributed by atoms with Gasteiger partial charge in [-0.3, -0.25) is 19.4 Å². The van der Waals surface area contributed by atoms with Gasteiger partial charge in [-0.05, 0) is 31.4 Å². The number of aromatic nitrogens is 1. The molecule has 0 bridgehead atoms. The monoisotopic (exact) mass is 701 g/mol. The molecule has 266 valence electrons. The molecule has 3 aromatic rings. The summed E-state index contributed by atoms with van der Waals surface area (Å²) < 4.78 is 60.8. The lowest BCUT2D eigenvalue weighted by atomic mass is 9.89. The summed E-state index contributed by atoms with van der Waals surface area (Å²) in [5.74, 6) is -2.65. The van der Waals surface area contributed by atoms with Gasteiger partial charge in [-0.1, -0.05) is 80.3 Å². The van der Waals surface area contributed by atoms with E-state index in [-0.39, 0.29) is 56.3 Å². The van der Waals surface area contributed by atoms with Crippen LogP contribution in [0.5, 0.6) is 5.75 Å². The molecule has 0 saturated heterocycles. The van der Waals surface area contributed by atoms with Crippen LogP contribution in [0.3, 0.4) is 0 Å².